The SMILES string of the molecule is CCC(CC)CC(N)C1CCCC(CC)C1. The Bertz CT molecular complexity index is 174. The zero-order valence-electron chi connectivity index (χ0n) is 11.5. The largest absolute Gasteiger partial charge is 0.327 e. The van der Waals surface area contributed by atoms with Crippen molar-refractivity contribution in [2.75, 3.05) is 0 Å². The summed E-state index contributed by atoms with van der Waals surface area (Å²) < 4.78 is 0. The fourth-order valence-electron chi connectivity index (χ4n) is 3.29. The van der Waals surface area contributed by atoms with Crippen LogP contribution in [0.4, 0.5) is 0 Å². The van der Waals surface area contributed by atoms with Crippen LogP contribution in [-0.4, -0.2) is 6.04 Å². The molecule has 1 heteroatoms. The summed E-state index contributed by atoms with van der Waals surface area (Å²) in [6.45, 7) is 6.94. The van der Waals surface area contributed by atoms with E-state index in [2.05, 4.69) is 20.8 Å². The Hall–Kier alpha value is -0.0400. The van der Waals surface area contributed by atoms with Crippen molar-refractivity contribution < 1.29 is 0 Å². The molecule has 1 fully saturated rings. The molecule has 3 unspecified atom stereocenters. The van der Waals surface area contributed by atoms with Gasteiger partial charge < -0.3 is 5.73 Å². The lowest BCUT2D eigenvalue weighted by Gasteiger charge is -2.33. The second-order valence-electron chi connectivity index (χ2n) is 5.78. The monoisotopic (exact) mass is 225 g/mol. The van der Waals surface area contributed by atoms with Crippen LogP contribution in [0.3, 0.4) is 0 Å². The van der Waals surface area contributed by atoms with Crippen LogP contribution in [0.2, 0.25) is 0 Å². The molecule has 3 atom stereocenters. The summed E-state index contributed by atoms with van der Waals surface area (Å²) in [5, 5.41) is 0. The van der Waals surface area contributed by atoms with E-state index in [1.165, 1.54) is 51.4 Å². The molecule has 0 radical (unpaired) electrons. The fourth-order valence-corrected chi connectivity index (χ4v) is 3.29. The van der Waals surface area contributed by atoms with Crippen molar-refractivity contribution in [2.24, 2.45) is 23.5 Å². The zero-order valence-corrected chi connectivity index (χ0v) is 11.5. The van der Waals surface area contributed by atoms with E-state index < -0.39 is 0 Å². The Labute approximate surface area is 102 Å². The number of hydrogen-bond acceptors (Lipinski definition) is 1. The van der Waals surface area contributed by atoms with Crippen molar-refractivity contribution in [1.82, 2.24) is 0 Å². The summed E-state index contributed by atoms with van der Waals surface area (Å²) in [6.07, 6.45) is 10.9. The van der Waals surface area contributed by atoms with Crippen LogP contribution in [0.5, 0.6) is 0 Å². The predicted octanol–water partition coefficient (Wildman–Crippen LogP) is 4.36. The standard InChI is InChI=1S/C15H31N/c1-4-12(5-2)11-15(16)14-9-7-8-13(6-3)10-14/h12-15H,4-11,16H2,1-3H3. The van der Waals surface area contributed by atoms with Crippen molar-refractivity contribution in [3.8, 4) is 0 Å². The van der Waals surface area contributed by atoms with Gasteiger partial charge in [0.2, 0.25) is 0 Å². The Morgan fingerprint density at radius 2 is 1.81 bits per heavy atom. The third-order valence-electron chi connectivity index (χ3n) is 4.77. The quantitative estimate of drug-likeness (QED) is 0.714. The van der Waals surface area contributed by atoms with E-state index in [9.17, 15) is 0 Å². The minimum Gasteiger partial charge on any atom is -0.327 e. The molecular weight excluding hydrogens is 194 g/mol. The molecule has 1 rings (SSSR count). The van der Waals surface area contributed by atoms with Crippen molar-refractivity contribution in [1.29, 1.82) is 0 Å². The molecule has 1 aliphatic carbocycles. The lowest BCUT2D eigenvalue weighted by atomic mass is 9.75. The molecular formula is C15H31N. The average molecular weight is 225 g/mol. The molecule has 96 valence electrons. The van der Waals surface area contributed by atoms with Gasteiger partial charge >= 0.3 is 0 Å². The third-order valence-corrected chi connectivity index (χ3v) is 4.77. The molecule has 0 aromatic rings. The van der Waals surface area contributed by atoms with E-state index in [4.69, 9.17) is 5.73 Å². The lowest BCUT2D eigenvalue weighted by Crippen LogP contribution is -2.35. The molecule has 0 amide bonds. The summed E-state index contributed by atoms with van der Waals surface area (Å²) >= 11 is 0. The topological polar surface area (TPSA) is 26.0 Å². The van der Waals surface area contributed by atoms with E-state index in [-0.39, 0.29) is 0 Å². The molecule has 16 heavy (non-hydrogen) atoms. The fraction of sp³-hybridized carbons (Fsp3) is 1.00. The third kappa shape index (κ3) is 4.08. The van der Waals surface area contributed by atoms with Crippen LogP contribution in [0.25, 0.3) is 0 Å². The van der Waals surface area contributed by atoms with Gasteiger partial charge in [-0.05, 0) is 37.0 Å². The average Bonchev–Trinajstić information content (AvgIpc) is 2.35. The van der Waals surface area contributed by atoms with Crippen molar-refractivity contribution in [3.63, 3.8) is 0 Å². The van der Waals surface area contributed by atoms with Gasteiger partial charge in [-0.3, -0.25) is 0 Å². The van der Waals surface area contributed by atoms with Gasteiger partial charge in [0, 0.05) is 6.04 Å². The van der Waals surface area contributed by atoms with E-state index in [1.807, 2.05) is 0 Å². The molecule has 2 N–H and O–H groups in total. The van der Waals surface area contributed by atoms with Gasteiger partial charge in [0.1, 0.15) is 0 Å². The van der Waals surface area contributed by atoms with E-state index in [0.29, 0.717) is 6.04 Å². The zero-order chi connectivity index (χ0) is 12.0. The first-order valence-corrected chi connectivity index (χ1v) is 7.46. The van der Waals surface area contributed by atoms with E-state index in [1.54, 1.807) is 0 Å². The number of nitrogens with two attached hydrogens (primary N) is 1. The molecule has 0 bridgehead atoms. The summed E-state index contributed by atoms with van der Waals surface area (Å²) in [7, 11) is 0. The second-order valence-corrected chi connectivity index (χ2v) is 5.78. The van der Waals surface area contributed by atoms with Gasteiger partial charge in [0.25, 0.3) is 0 Å². The highest BCUT2D eigenvalue weighted by molar-refractivity contribution is 4.81. The van der Waals surface area contributed by atoms with Crippen molar-refractivity contribution in [2.45, 2.75) is 78.2 Å². The summed E-state index contributed by atoms with van der Waals surface area (Å²) in [5.74, 6) is 2.64. The molecule has 1 aliphatic rings. The first-order chi connectivity index (χ1) is 7.71. The minimum atomic E-state index is 0.472. The summed E-state index contributed by atoms with van der Waals surface area (Å²) in [6, 6.07) is 0.472. The minimum absolute atomic E-state index is 0.472. The Kier molecular flexibility index (Phi) is 6.41. The Balaban J connectivity index is 2.37. The summed E-state index contributed by atoms with van der Waals surface area (Å²) in [5.41, 5.74) is 6.42. The van der Waals surface area contributed by atoms with Crippen molar-refractivity contribution in [3.05, 3.63) is 0 Å². The molecule has 1 saturated carbocycles. The molecule has 0 aliphatic heterocycles. The highest BCUT2D eigenvalue weighted by atomic mass is 14.7. The Morgan fingerprint density at radius 3 is 2.38 bits per heavy atom. The number of rotatable bonds is 6. The second kappa shape index (κ2) is 7.32. The van der Waals surface area contributed by atoms with Crippen LogP contribution < -0.4 is 5.73 Å². The van der Waals surface area contributed by atoms with Crippen LogP contribution in [0.1, 0.15) is 72.1 Å². The molecule has 1 nitrogen and oxygen atoms in total. The first kappa shape index (κ1) is 14.0. The van der Waals surface area contributed by atoms with E-state index >= 15 is 0 Å². The Morgan fingerprint density at radius 1 is 1.12 bits per heavy atom. The van der Waals surface area contributed by atoms with Gasteiger partial charge in [0.15, 0.2) is 0 Å². The van der Waals surface area contributed by atoms with Crippen molar-refractivity contribution >= 4 is 0 Å². The maximum atomic E-state index is 6.42. The molecule has 0 aromatic heterocycles. The highest BCUT2D eigenvalue weighted by Gasteiger charge is 2.26. The molecule has 0 heterocycles. The van der Waals surface area contributed by atoms with Crippen LogP contribution in [0.15, 0.2) is 0 Å². The maximum absolute atomic E-state index is 6.42. The van der Waals surface area contributed by atoms with Gasteiger partial charge in [-0.1, -0.05) is 52.9 Å². The molecule has 0 spiro atoms. The predicted molar refractivity (Wildman–Crippen MR) is 72.4 cm³/mol. The van der Waals surface area contributed by atoms with Gasteiger partial charge in [-0.15, -0.1) is 0 Å². The smallest absolute Gasteiger partial charge is 0.00698 e. The van der Waals surface area contributed by atoms with Gasteiger partial charge in [-0.2, -0.15) is 0 Å². The molecule has 0 aromatic carbocycles. The van der Waals surface area contributed by atoms with Crippen LogP contribution in [-0.2, 0) is 0 Å². The van der Waals surface area contributed by atoms with Gasteiger partial charge in [-0.25, -0.2) is 0 Å². The first-order valence-electron chi connectivity index (χ1n) is 7.46. The van der Waals surface area contributed by atoms with Gasteiger partial charge in [0.05, 0.1) is 0 Å². The van der Waals surface area contributed by atoms with Crippen LogP contribution >= 0.6 is 0 Å². The molecule has 0 saturated heterocycles. The number of hydrogen-bond donors (Lipinski definition) is 1. The highest BCUT2D eigenvalue weighted by Crippen LogP contribution is 2.34. The normalized spacial score (nSPS) is 28.3. The maximum Gasteiger partial charge on any atom is 0.00698 e. The van der Waals surface area contributed by atoms with Crippen LogP contribution in [0, 0.1) is 17.8 Å². The lowest BCUT2D eigenvalue weighted by molar-refractivity contribution is 0.209. The summed E-state index contributed by atoms with van der Waals surface area (Å²) in [4.78, 5) is 0. The van der Waals surface area contributed by atoms with E-state index in [0.717, 1.165) is 17.8 Å².